The summed E-state index contributed by atoms with van der Waals surface area (Å²) in [5.41, 5.74) is 3.47. The fourth-order valence-electron chi connectivity index (χ4n) is 3.95. The average Bonchev–Trinajstić information content (AvgIpc) is 3.42. The van der Waals surface area contributed by atoms with Gasteiger partial charge in [0.2, 0.25) is 5.88 Å². The van der Waals surface area contributed by atoms with Crippen LogP contribution in [-0.2, 0) is 6.42 Å². The second-order valence-electron chi connectivity index (χ2n) is 7.19. The highest BCUT2D eigenvalue weighted by Gasteiger charge is 2.35. The molecule has 0 radical (unpaired) electrons. The van der Waals surface area contributed by atoms with E-state index in [1.807, 2.05) is 36.4 Å². The number of hydrogen-bond donors (Lipinski definition) is 1. The Labute approximate surface area is 171 Å². The Morgan fingerprint density at radius 3 is 2.77 bits per heavy atom. The first kappa shape index (κ1) is 16.8. The molecule has 0 saturated carbocycles. The number of aromatic hydroxyl groups is 1. The summed E-state index contributed by atoms with van der Waals surface area (Å²) in [6.07, 6.45) is 3.86. The molecule has 0 saturated heterocycles. The van der Waals surface area contributed by atoms with Gasteiger partial charge in [0.25, 0.3) is 0 Å². The van der Waals surface area contributed by atoms with E-state index in [0.29, 0.717) is 29.5 Å². The van der Waals surface area contributed by atoms with Crippen LogP contribution in [0.25, 0.3) is 5.65 Å². The number of furan rings is 1. The Kier molecular flexibility index (Phi) is 3.61. The van der Waals surface area contributed by atoms with E-state index in [9.17, 15) is 5.11 Å². The smallest absolute Gasteiger partial charge is 0.228 e. The predicted octanol–water partition coefficient (Wildman–Crippen LogP) is 4.30. The van der Waals surface area contributed by atoms with Crippen molar-refractivity contribution in [2.24, 2.45) is 0 Å². The number of rotatable bonds is 3. The van der Waals surface area contributed by atoms with Crippen molar-refractivity contribution in [3.63, 3.8) is 0 Å². The zero-order valence-electron chi connectivity index (χ0n) is 15.8. The van der Waals surface area contributed by atoms with Crippen molar-refractivity contribution in [1.29, 1.82) is 0 Å². The summed E-state index contributed by atoms with van der Waals surface area (Å²) in [6, 6.07) is 18.9. The molecule has 0 bridgehead atoms. The largest absolute Gasteiger partial charge is 0.508 e. The van der Waals surface area contributed by atoms with Gasteiger partial charge in [0.1, 0.15) is 23.6 Å². The molecule has 5 aromatic rings. The van der Waals surface area contributed by atoms with E-state index in [1.165, 1.54) is 0 Å². The first-order chi connectivity index (χ1) is 14.8. The molecular formula is C23H16N4O3. The van der Waals surface area contributed by atoms with Crippen LogP contribution in [0, 0.1) is 0 Å². The number of aromatic nitrogens is 4. The third kappa shape index (κ3) is 2.63. The summed E-state index contributed by atoms with van der Waals surface area (Å²) in [5, 5.41) is 14.5. The zero-order valence-corrected chi connectivity index (χ0v) is 15.8. The maximum absolute atomic E-state index is 9.92. The molecule has 146 valence electrons. The SMILES string of the molecule is Oc1ccc2c(c1)Oc1ncn3nc(Cc4ccccc4)nc3c1[C@H]2c1ccco1. The minimum Gasteiger partial charge on any atom is -0.508 e. The van der Waals surface area contributed by atoms with Crippen LogP contribution in [0.5, 0.6) is 17.4 Å². The van der Waals surface area contributed by atoms with E-state index in [2.05, 4.69) is 22.2 Å². The van der Waals surface area contributed by atoms with E-state index in [1.54, 1.807) is 29.2 Å². The summed E-state index contributed by atoms with van der Waals surface area (Å²) in [4.78, 5) is 9.28. The van der Waals surface area contributed by atoms with Gasteiger partial charge >= 0.3 is 0 Å². The third-order valence-electron chi connectivity index (χ3n) is 5.27. The monoisotopic (exact) mass is 396 g/mol. The van der Waals surface area contributed by atoms with Crippen molar-refractivity contribution in [3.8, 4) is 17.4 Å². The molecule has 30 heavy (non-hydrogen) atoms. The lowest BCUT2D eigenvalue weighted by molar-refractivity contribution is 0.409. The van der Waals surface area contributed by atoms with Crippen LogP contribution in [-0.4, -0.2) is 24.7 Å². The molecular weight excluding hydrogens is 380 g/mol. The first-order valence-corrected chi connectivity index (χ1v) is 9.58. The van der Waals surface area contributed by atoms with Crippen LogP contribution >= 0.6 is 0 Å². The molecule has 0 unspecified atom stereocenters. The van der Waals surface area contributed by atoms with Crippen LogP contribution in [0.1, 0.15) is 34.2 Å². The lowest BCUT2D eigenvalue weighted by Gasteiger charge is -2.26. The Morgan fingerprint density at radius 1 is 1.03 bits per heavy atom. The maximum Gasteiger partial charge on any atom is 0.228 e. The quantitative estimate of drug-likeness (QED) is 0.480. The Bertz CT molecular complexity index is 1360. The van der Waals surface area contributed by atoms with E-state index in [-0.39, 0.29) is 11.7 Å². The van der Waals surface area contributed by atoms with Crippen LogP contribution in [0.15, 0.2) is 77.7 Å². The highest BCUT2D eigenvalue weighted by atomic mass is 16.5. The average molecular weight is 396 g/mol. The minimum atomic E-state index is -0.274. The van der Waals surface area contributed by atoms with Gasteiger partial charge in [0.05, 0.1) is 17.7 Å². The molecule has 0 amide bonds. The number of ether oxygens (including phenoxy) is 1. The van der Waals surface area contributed by atoms with Crippen molar-refractivity contribution in [2.75, 3.05) is 0 Å². The minimum absolute atomic E-state index is 0.129. The summed E-state index contributed by atoms with van der Waals surface area (Å²) < 4.78 is 13.5. The number of phenolic OH excluding ortho intramolecular Hbond substituents is 1. The second kappa shape index (κ2) is 6.45. The molecule has 0 fully saturated rings. The summed E-state index contributed by atoms with van der Waals surface area (Å²) in [5.74, 6) is 2.28. The van der Waals surface area contributed by atoms with Crippen LogP contribution < -0.4 is 4.74 Å². The molecule has 1 aliphatic rings. The summed E-state index contributed by atoms with van der Waals surface area (Å²) in [6.45, 7) is 0. The number of fused-ring (bicyclic) bond motifs is 4. The molecule has 0 aliphatic carbocycles. The van der Waals surface area contributed by atoms with Gasteiger partial charge in [-0.25, -0.2) is 14.5 Å². The molecule has 1 N–H and O–H groups in total. The van der Waals surface area contributed by atoms with Crippen molar-refractivity contribution in [1.82, 2.24) is 19.6 Å². The normalized spacial score (nSPS) is 14.9. The number of nitrogens with zero attached hydrogens (tertiary/aromatic N) is 4. The third-order valence-corrected chi connectivity index (χ3v) is 5.27. The maximum atomic E-state index is 9.92. The molecule has 3 aromatic heterocycles. The second-order valence-corrected chi connectivity index (χ2v) is 7.19. The van der Waals surface area contributed by atoms with Gasteiger partial charge in [-0.2, -0.15) is 0 Å². The van der Waals surface area contributed by atoms with Gasteiger partial charge in [0, 0.05) is 18.1 Å². The summed E-state index contributed by atoms with van der Waals surface area (Å²) >= 11 is 0. The number of hydrogen-bond acceptors (Lipinski definition) is 6. The highest BCUT2D eigenvalue weighted by Crippen LogP contribution is 2.48. The lowest BCUT2D eigenvalue weighted by Crippen LogP contribution is -2.14. The van der Waals surface area contributed by atoms with Crippen LogP contribution in [0.3, 0.4) is 0 Å². The fourth-order valence-corrected chi connectivity index (χ4v) is 3.95. The highest BCUT2D eigenvalue weighted by molar-refractivity contribution is 5.65. The van der Waals surface area contributed by atoms with Gasteiger partial charge in [-0.05, 0) is 23.8 Å². The predicted molar refractivity (Wildman–Crippen MR) is 108 cm³/mol. The topological polar surface area (TPSA) is 85.7 Å². The van der Waals surface area contributed by atoms with E-state index >= 15 is 0 Å². The Balaban J connectivity index is 1.54. The van der Waals surface area contributed by atoms with Gasteiger partial charge in [-0.3, -0.25) is 0 Å². The van der Waals surface area contributed by atoms with E-state index in [0.717, 1.165) is 22.5 Å². The molecule has 7 heteroatoms. The number of benzene rings is 2. The first-order valence-electron chi connectivity index (χ1n) is 9.58. The van der Waals surface area contributed by atoms with E-state index < -0.39 is 0 Å². The molecule has 2 aromatic carbocycles. The Hall–Kier alpha value is -4.13. The van der Waals surface area contributed by atoms with Crippen LogP contribution in [0.2, 0.25) is 0 Å². The standard InChI is InChI=1S/C23H16N4O3/c28-15-8-9-16-18(12-15)30-23-21(20(16)17-7-4-10-29-17)22-25-19(26-27(22)13-24-23)11-14-5-2-1-3-6-14/h1-10,12-13,20,28H,11H2/t20-/m1/s1. The molecule has 7 nitrogen and oxygen atoms in total. The molecule has 4 heterocycles. The molecule has 1 atom stereocenters. The van der Waals surface area contributed by atoms with Crippen molar-refractivity contribution in [3.05, 3.63) is 102 Å². The van der Waals surface area contributed by atoms with Gasteiger partial charge < -0.3 is 14.3 Å². The molecule has 6 rings (SSSR count). The van der Waals surface area contributed by atoms with Gasteiger partial charge in [0.15, 0.2) is 11.5 Å². The van der Waals surface area contributed by atoms with Gasteiger partial charge in [-0.15, -0.1) is 5.10 Å². The van der Waals surface area contributed by atoms with Crippen molar-refractivity contribution >= 4 is 5.65 Å². The molecule has 1 aliphatic heterocycles. The van der Waals surface area contributed by atoms with Crippen LogP contribution in [0.4, 0.5) is 0 Å². The number of phenols is 1. The molecule has 0 spiro atoms. The van der Waals surface area contributed by atoms with E-state index in [4.69, 9.17) is 14.1 Å². The fraction of sp³-hybridized carbons (Fsp3) is 0.0870. The zero-order chi connectivity index (χ0) is 20.1. The Morgan fingerprint density at radius 2 is 1.93 bits per heavy atom. The lowest BCUT2D eigenvalue weighted by atomic mass is 9.87. The summed E-state index contributed by atoms with van der Waals surface area (Å²) in [7, 11) is 0. The van der Waals surface area contributed by atoms with Gasteiger partial charge in [-0.1, -0.05) is 36.4 Å². The van der Waals surface area contributed by atoms with Crippen molar-refractivity contribution in [2.45, 2.75) is 12.3 Å². The van der Waals surface area contributed by atoms with Crippen molar-refractivity contribution < 1.29 is 14.3 Å².